The van der Waals surface area contributed by atoms with Gasteiger partial charge in [-0.05, 0) is 40.5 Å². The van der Waals surface area contributed by atoms with E-state index < -0.39 is 5.60 Å². The second-order valence-electron chi connectivity index (χ2n) is 12.6. The minimum absolute atomic E-state index is 0.0378. The number of hydrogen-bond acceptors (Lipinski definition) is 5. The summed E-state index contributed by atoms with van der Waals surface area (Å²) in [5.74, 6) is 0.107. The fraction of sp³-hybridized carbons (Fsp3) is 0.606. The number of hydrogen-bond donors (Lipinski definition) is 0. The predicted octanol–water partition coefficient (Wildman–Crippen LogP) is 5.96. The van der Waals surface area contributed by atoms with Crippen LogP contribution in [0, 0.1) is 17.8 Å². The van der Waals surface area contributed by atoms with Gasteiger partial charge in [-0.1, -0.05) is 0 Å². The number of piperidine rings is 1. The normalized spacial score (nSPS) is 28.7. The molecule has 2 saturated heterocycles. The van der Waals surface area contributed by atoms with Gasteiger partial charge in [-0.25, -0.2) is 4.79 Å². The Labute approximate surface area is 246 Å². The van der Waals surface area contributed by atoms with Crippen LogP contribution in [-0.2, 0) is 19.1 Å². The van der Waals surface area contributed by atoms with Crippen molar-refractivity contribution >= 4 is 36.2 Å². The molecule has 4 rings (SSSR count). The van der Waals surface area contributed by atoms with Crippen molar-refractivity contribution in [2.45, 2.75) is 110 Å². The van der Waals surface area contributed by atoms with Gasteiger partial charge in [-0.3, -0.25) is 0 Å². The second kappa shape index (κ2) is 13.5. The van der Waals surface area contributed by atoms with E-state index in [2.05, 4.69) is 25.2 Å². The number of carbonyl (C=O) groups excluding carboxylic acids is 3. The number of nitrogens with zero attached hydrogens (tertiary/aromatic N) is 1. The molecule has 0 saturated carbocycles. The molecule has 0 bridgehead atoms. The van der Waals surface area contributed by atoms with Crippen LogP contribution in [0.2, 0.25) is 0 Å². The molecule has 2 aliphatic heterocycles. The van der Waals surface area contributed by atoms with Gasteiger partial charge in [0.05, 0.1) is 0 Å². The fourth-order valence-electron chi connectivity index (χ4n) is 6.32. The standard InChI is InChI=1S/C33H45NO5Se/c1-22-12-11-14-26(34(22)32(37)39-33(3,4)5)19-18-25-20-24(21-28-30(25)23(2)38-31(28)36)13-9-10-17-29(35)40-27-15-7-6-8-16-27/h6-8,15-16,18-20,22-24,26,28,30H,9-14,17,21H2,1-5H3/b19-18+/t22-,23-,24-,26+,28-,30+/m1/s1. The number of unbranched alkanes of at least 4 members (excludes halogenated alkanes) is 1. The number of carbonyl (C=O) groups is 3. The summed E-state index contributed by atoms with van der Waals surface area (Å²) in [4.78, 5) is 40.2. The van der Waals surface area contributed by atoms with E-state index in [-0.39, 0.29) is 63.0 Å². The summed E-state index contributed by atoms with van der Waals surface area (Å²) in [6, 6.07) is 10.1. The van der Waals surface area contributed by atoms with E-state index in [1.165, 1.54) is 0 Å². The molecule has 0 spiro atoms. The van der Waals surface area contributed by atoms with Gasteiger partial charge in [-0.2, -0.15) is 0 Å². The van der Waals surface area contributed by atoms with Crippen molar-refractivity contribution in [1.82, 2.24) is 4.90 Å². The summed E-state index contributed by atoms with van der Waals surface area (Å²) < 4.78 is 12.9. The van der Waals surface area contributed by atoms with E-state index in [1.807, 2.05) is 62.9 Å². The van der Waals surface area contributed by atoms with Crippen LogP contribution >= 0.6 is 0 Å². The third-order valence-corrected chi connectivity index (χ3v) is 10.1. The van der Waals surface area contributed by atoms with E-state index in [0.717, 1.165) is 55.0 Å². The zero-order chi connectivity index (χ0) is 28.9. The van der Waals surface area contributed by atoms with E-state index in [9.17, 15) is 14.4 Å². The molecule has 0 N–H and O–H groups in total. The Morgan fingerprint density at radius 1 is 1.12 bits per heavy atom. The molecule has 0 aromatic heterocycles. The van der Waals surface area contributed by atoms with Gasteiger partial charge in [0.25, 0.3) is 0 Å². The van der Waals surface area contributed by atoms with Crippen LogP contribution in [0.1, 0.15) is 86.0 Å². The molecular weight excluding hydrogens is 569 g/mol. The number of benzene rings is 1. The molecule has 3 aliphatic rings. The summed E-state index contributed by atoms with van der Waals surface area (Å²) in [5.41, 5.74) is 0.601. The zero-order valence-corrected chi connectivity index (χ0v) is 26.3. The molecule has 0 radical (unpaired) electrons. The predicted molar refractivity (Wildman–Crippen MR) is 158 cm³/mol. The van der Waals surface area contributed by atoms with Crippen LogP contribution in [0.3, 0.4) is 0 Å². The number of esters is 1. The Kier molecular flexibility index (Phi) is 10.3. The van der Waals surface area contributed by atoms with E-state index in [4.69, 9.17) is 9.47 Å². The van der Waals surface area contributed by atoms with Crippen molar-refractivity contribution in [2.24, 2.45) is 17.8 Å². The molecule has 1 aliphatic carbocycles. The Morgan fingerprint density at radius 3 is 2.60 bits per heavy atom. The first-order valence-electron chi connectivity index (χ1n) is 14.9. The quantitative estimate of drug-likeness (QED) is 0.195. The SMILES string of the molecule is C[C@@H]1CCC[C@@H](/C=C/C2=C[C@@H](CCCCC(=O)[Se]c3ccccc3)C[C@H]3C(=O)O[C@H](C)[C@@H]23)N1C(=O)OC(C)(C)C. The first kappa shape index (κ1) is 30.6. The topological polar surface area (TPSA) is 72.9 Å². The Bertz CT molecular complexity index is 1110. The smallest absolute Gasteiger partial charge is 0.444 e. The van der Waals surface area contributed by atoms with Crippen molar-refractivity contribution in [3.63, 3.8) is 0 Å². The van der Waals surface area contributed by atoms with Crippen LogP contribution in [0.5, 0.6) is 0 Å². The molecule has 0 unspecified atom stereocenters. The summed E-state index contributed by atoms with van der Waals surface area (Å²) in [5, 5.41) is 0. The van der Waals surface area contributed by atoms with Crippen LogP contribution in [-0.4, -0.2) is 60.4 Å². The first-order valence-corrected chi connectivity index (χ1v) is 16.6. The Balaban J connectivity index is 1.41. The van der Waals surface area contributed by atoms with Gasteiger partial charge >= 0.3 is 185 Å². The van der Waals surface area contributed by atoms with Crippen molar-refractivity contribution in [2.75, 3.05) is 0 Å². The number of ether oxygens (including phenoxy) is 2. The van der Waals surface area contributed by atoms with Gasteiger partial charge in [0.2, 0.25) is 0 Å². The van der Waals surface area contributed by atoms with Crippen LogP contribution < -0.4 is 4.46 Å². The number of rotatable bonds is 9. The number of allylic oxidation sites excluding steroid dienone is 2. The minimum Gasteiger partial charge on any atom is -0.444 e. The second-order valence-corrected chi connectivity index (χ2v) is 14.9. The third-order valence-electron chi connectivity index (χ3n) is 8.16. The van der Waals surface area contributed by atoms with E-state index >= 15 is 0 Å². The fourth-order valence-corrected chi connectivity index (χ4v) is 8.01. The molecule has 40 heavy (non-hydrogen) atoms. The van der Waals surface area contributed by atoms with Crippen molar-refractivity contribution in [3.05, 3.63) is 54.1 Å². The van der Waals surface area contributed by atoms with Gasteiger partial charge in [-0.15, -0.1) is 0 Å². The monoisotopic (exact) mass is 615 g/mol. The molecule has 1 aromatic carbocycles. The third kappa shape index (κ3) is 8.10. The van der Waals surface area contributed by atoms with Gasteiger partial charge in [0, 0.05) is 6.04 Å². The van der Waals surface area contributed by atoms with E-state index in [0.29, 0.717) is 11.1 Å². The van der Waals surface area contributed by atoms with Gasteiger partial charge in [0.1, 0.15) is 5.60 Å². The maximum absolute atomic E-state index is 13.1. The van der Waals surface area contributed by atoms with Crippen LogP contribution in [0.15, 0.2) is 54.1 Å². The minimum atomic E-state index is -0.543. The number of amides is 1. The van der Waals surface area contributed by atoms with Crippen molar-refractivity contribution < 1.29 is 23.9 Å². The number of fused-ring (bicyclic) bond motifs is 1. The molecule has 218 valence electrons. The molecule has 1 aromatic rings. The van der Waals surface area contributed by atoms with E-state index in [1.54, 1.807) is 0 Å². The Morgan fingerprint density at radius 2 is 1.88 bits per heavy atom. The summed E-state index contributed by atoms with van der Waals surface area (Å²) in [6.07, 6.45) is 13.3. The summed E-state index contributed by atoms with van der Waals surface area (Å²) in [6.45, 7) is 9.77. The molecule has 2 fully saturated rings. The molecule has 7 heteroatoms. The number of cyclic esters (lactones) is 1. The summed E-state index contributed by atoms with van der Waals surface area (Å²) in [7, 11) is 0. The Hall–Kier alpha value is -2.37. The van der Waals surface area contributed by atoms with Gasteiger partial charge < -0.3 is 4.74 Å². The average molecular weight is 615 g/mol. The van der Waals surface area contributed by atoms with Crippen molar-refractivity contribution in [1.29, 1.82) is 0 Å². The molecule has 2 heterocycles. The maximum atomic E-state index is 13.1. The molecule has 6 nitrogen and oxygen atoms in total. The molecule has 1 amide bonds. The molecular formula is C33H45NO5Se. The van der Waals surface area contributed by atoms with Crippen LogP contribution in [0.25, 0.3) is 0 Å². The van der Waals surface area contributed by atoms with Crippen LogP contribution in [0.4, 0.5) is 4.79 Å². The average Bonchev–Trinajstić information content (AvgIpc) is 3.17. The first-order chi connectivity index (χ1) is 19.0. The van der Waals surface area contributed by atoms with Crippen molar-refractivity contribution in [3.8, 4) is 0 Å². The zero-order valence-electron chi connectivity index (χ0n) is 24.6. The molecule has 6 atom stereocenters. The summed E-state index contributed by atoms with van der Waals surface area (Å²) >= 11 is -0.120. The van der Waals surface area contributed by atoms with Gasteiger partial charge in [0.15, 0.2) is 0 Å². The number of likely N-dealkylation sites (tertiary alicyclic amines) is 1.